The predicted octanol–water partition coefficient (Wildman–Crippen LogP) is 1.94. The van der Waals surface area contributed by atoms with Crippen molar-refractivity contribution in [1.82, 2.24) is 10.2 Å². The minimum absolute atomic E-state index is 0.107. The molecule has 1 aliphatic heterocycles. The van der Waals surface area contributed by atoms with Crippen LogP contribution in [0.2, 0.25) is 0 Å². The predicted molar refractivity (Wildman–Crippen MR) is 107 cm³/mol. The Morgan fingerprint density at radius 2 is 1.72 bits per heavy atom. The SMILES string of the molecule is COC(=O)C1Cc2ccccc2CN1CC(=O)NC(=O)Nc1ccc(OC)cc1. The number of carbonyl (C=O) groups excluding carboxylic acids is 3. The Morgan fingerprint density at radius 1 is 1.03 bits per heavy atom. The van der Waals surface area contributed by atoms with E-state index < -0.39 is 23.9 Å². The summed E-state index contributed by atoms with van der Waals surface area (Å²) in [6, 6.07) is 13.3. The van der Waals surface area contributed by atoms with E-state index in [0.29, 0.717) is 24.4 Å². The van der Waals surface area contributed by atoms with Crippen LogP contribution in [0.4, 0.5) is 10.5 Å². The van der Waals surface area contributed by atoms with Gasteiger partial charge in [0.2, 0.25) is 5.91 Å². The molecule has 29 heavy (non-hydrogen) atoms. The summed E-state index contributed by atoms with van der Waals surface area (Å²) in [6.45, 7) is 0.313. The van der Waals surface area contributed by atoms with E-state index >= 15 is 0 Å². The van der Waals surface area contributed by atoms with Crippen molar-refractivity contribution in [3.63, 3.8) is 0 Å². The summed E-state index contributed by atoms with van der Waals surface area (Å²) >= 11 is 0. The monoisotopic (exact) mass is 397 g/mol. The molecule has 0 spiro atoms. The van der Waals surface area contributed by atoms with E-state index in [1.807, 2.05) is 24.3 Å². The van der Waals surface area contributed by atoms with Gasteiger partial charge in [0.25, 0.3) is 0 Å². The second kappa shape index (κ2) is 9.20. The van der Waals surface area contributed by atoms with Crippen molar-refractivity contribution in [2.24, 2.45) is 0 Å². The Balaban J connectivity index is 1.61. The number of urea groups is 1. The van der Waals surface area contributed by atoms with Crippen LogP contribution in [0.25, 0.3) is 0 Å². The second-order valence-electron chi connectivity index (χ2n) is 6.65. The van der Waals surface area contributed by atoms with E-state index in [4.69, 9.17) is 9.47 Å². The molecule has 1 unspecified atom stereocenters. The average Bonchev–Trinajstić information content (AvgIpc) is 2.73. The maximum Gasteiger partial charge on any atom is 0.325 e. The number of hydrogen-bond acceptors (Lipinski definition) is 6. The van der Waals surface area contributed by atoms with Gasteiger partial charge in [-0.25, -0.2) is 4.79 Å². The zero-order valence-electron chi connectivity index (χ0n) is 16.3. The average molecular weight is 397 g/mol. The van der Waals surface area contributed by atoms with E-state index in [-0.39, 0.29) is 6.54 Å². The number of methoxy groups -OCH3 is 2. The lowest BCUT2D eigenvalue weighted by molar-refractivity contribution is -0.148. The molecule has 8 heteroatoms. The van der Waals surface area contributed by atoms with Crippen LogP contribution < -0.4 is 15.4 Å². The largest absolute Gasteiger partial charge is 0.497 e. The molecular formula is C21H23N3O5. The lowest BCUT2D eigenvalue weighted by atomic mass is 9.94. The molecule has 0 aromatic heterocycles. The highest BCUT2D eigenvalue weighted by molar-refractivity contribution is 6.01. The van der Waals surface area contributed by atoms with E-state index in [0.717, 1.165) is 11.1 Å². The van der Waals surface area contributed by atoms with Crippen LogP contribution in [0.3, 0.4) is 0 Å². The third kappa shape index (κ3) is 5.11. The van der Waals surface area contributed by atoms with Gasteiger partial charge in [-0.3, -0.25) is 19.8 Å². The summed E-state index contributed by atoms with van der Waals surface area (Å²) in [5.41, 5.74) is 2.62. The van der Waals surface area contributed by atoms with Crippen molar-refractivity contribution in [2.45, 2.75) is 19.0 Å². The number of benzene rings is 2. The molecule has 152 valence electrons. The quantitative estimate of drug-likeness (QED) is 0.749. The number of nitrogens with one attached hydrogen (secondary N) is 2. The minimum atomic E-state index is -0.646. The van der Waals surface area contributed by atoms with Gasteiger partial charge in [-0.05, 0) is 41.8 Å². The van der Waals surface area contributed by atoms with Gasteiger partial charge in [0.15, 0.2) is 0 Å². The molecule has 0 radical (unpaired) electrons. The first-order valence-electron chi connectivity index (χ1n) is 9.13. The summed E-state index contributed by atoms with van der Waals surface area (Å²) in [6.07, 6.45) is 0.453. The van der Waals surface area contributed by atoms with Crippen LogP contribution in [0.1, 0.15) is 11.1 Å². The summed E-state index contributed by atoms with van der Waals surface area (Å²) < 4.78 is 9.95. The van der Waals surface area contributed by atoms with Crippen molar-refractivity contribution >= 4 is 23.6 Å². The zero-order chi connectivity index (χ0) is 20.8. The van der Waals surface area contributed by atoms with Crippen LogP contribution in [-0.2, 0) is 27.3 Å². The molecule has 0 saturated carbocycles. The number of hydrogen-bond donors (Lipinski definition) is 2. The van der Waals surface area contributed by atoms with Gasteiger partial charge in [0.1, 0.15) is 11.8 Å². The fourth-order valence-electron chi connectivity index (χ4n) is 3.30. The maximum atomic E-state index is 12.4. The number of nitrogens with zero attached hydrogens (tertiary/aromatic N) is 1. The highest BCUT2D eigenvalue weighted by Crippen LogP contribution is 2.23. The Hall–Kier alpha value is -3.39. The molecule has 1 aliphatic rings. The van der Waals surface area contributed by atoms with Crippen LogP contribution in [0.15, 0.2) is 48.5 Å². The van der Waals surface area contributed by atoms with E-state index in [9.17, 15) is 14.4 Å². The number of anilines is 1. The summed E-state index contributed by atoms with van der Waals surface area (Å²) in [5.74, 6) is -0.259. The van der Waals surface area contributed by atoms with E-state index in [1.54, 1.807) is 36.3 Å². The molecule has 0 aliphatic carbocycles. The van der Waals surface area contributed by atoms with Crippen molar-refractivity contribution in [1.29, 1.82) is 0 Å². The molecular weight excluding hydrogens is 374 g/mol. The molecule has 2 aromatic carbocycles. The third-order valence-corrected chi connectivity index (χ3v) is 4.77. The van der Waals surface area contributed by atoms with Gasteiger partial charge in [0.05, 0.1) is 20.8 Å². The summed E-state index contributed by atoms with van der Waals surface area (Å²) in [4.78, 5) is 38.4. The first-order valence-corrected chi connectivity index (χ1v) is 9.13. The number of fused-ring (bicyclic) bond motifs is 1. The molecule has 3 amide bonds. The number of rotatable bonds is 5. The lowest BCUT2D eigenvalue weighted by Crippen LogP contribution is -2.51. The van der Waals surface area contributed by atoms with Gasteiger partial charge < -0.3 is 14.8 Å². The fraction of sp³-hybridized carbons (Fsp3) is 0.286. The zero-order valence-corrected chi connectivity index (χ0v) is 16.3. The summed E-state index contributed by atoms with van der Waals surface area (Å²) in [5, 5.41) is 4.88. The van der Waals surface area contributed by atoms with Crippen LogP contribution in [-0.4, -0.2) is 49.6 Å². The highest BCUT2D eigenvalue weighted by Gasteiger charge is 2.33. The van der Waals surface area contributed by atoms with Crippen LogP contribution in [0.5, 0.6) is 5.75 Å². The Kier molecular flexibility index (Phi) is 6.46. The molecule has 0 saturated heterocycles. The molecule has 1 heterocycles. The fourth-order valence-corrected chi connectivity index (χ4v) is 3.30. The topological polar surface area (TPSA) is 97.0 Å². The standard InChI is InChI=1S/C21H23N3O5/c1-28-17-9-7-16(8-10-17)22-21(27)23-19(25)13-24-12-15-6-4-3-5-14(15)11-18(24)20(26)29-2/h3-10,18H,11-13H2,1-2H3,(H2,22,23,25,27). The molecule has 1 atom stereocenters. The maximum absolute atomic E-state index is 12.4. The van der Waals surface area contributed by atoms with Gasteiger partial charge in [-0.1, -0.05) is 24.3 Å². The number of amides is 3. The number of carbonyl (C=O) groups is 3. The third-order valence-electron chi connectivity index (χ3n) is 4.77. The molecule has 8 nitrogen and oxygen atoms in total. The van der Waals surface area contributed by atoms with Gasteiger partial charge in [-0.2, -0.15) is 0 Å². The minimum Gasteiger partial charge on any atom is -0.497 e. The Bertz CT molecular complexity index is 897. The lowest BCUT2D eigenvalue weighted by Gasteiger charge is -2.34. The van der Waals surface area contributed by atoms with Gasteiger partial charge in [0, 0.05) is 12.2 Å². The number of esters is 1. The van der Waals surface area contributed by atoms with Crippen molar-refractivity contribution in [3.05, 3.63) is 59.7 Å². The Labute approximate surface area is 168 Å². The number of ether oxygens (including phenoxy) is 2. The van der Waals surface area contributed by atoms with Crippen molar-refractivity contribution in [2.75, 3.05) is 26.1 Å². The number of imide groups is 1. The Morgan fingerprint density at radius 3 is 2.38 bits per heavy atom. The normalized spacial score (nSPS) is 15.7. The van der Waals surface area contributed by atoms with Gasteiger partial charge >= 0.3 is 12.0 Å². The van der Waals surface area contributed by atoms with E-state index in [1.165, 1.54) is 7.11 Å². The van der Waals surface area contributed by atoms with Crippen molar-refractivity contribution < 1.29 is 23.9 Å². The smallest absolute Gasteiger partial charge is 0.325 e. The van der Waals surface area contributed by atoms with E-state index in [2.05, 4.69) is 10.6 Å². The molecule has 3 rings (SSSR count). The first kappa shape index (κ1) is 20.3. The molecule has 0 bridgehead atoms. The first-order chi connectivity index (χ1) is 14.0. The summed E-state index contributed by atoms with van der Waals surface area (Å²) in [7, 11) is 2.87. The van der Waals surface area contributed by atoms with Gasteiger partial charge in [-0.15, -0.1) is 0 Å². The van der Waals surface area contributed by atoms with Crippen LogP contribution in [0, 0.1) is 0 Å². The van der Waals surface area contributed by atoms with Crippen LogP contribution >= 0.6 is 0 Å². The molecule has 2 N–H and O–H groups in total. The molecule has 0 fully saturated rings. The second-order valence-corrected chi connectivity index (χ2v) is 6.65. The molecule has 2 aromatic rings. The highest BCUT2D eigenvalue weighted by atomic mass is 16.5. The van der Waals surface area contributed by atoms with Crippen molar-refractivity contribution in [3.8, 4) is 5.75 Å².